The summed E-state index contributed by atoms with van der Waals surface area (Å²) in [6, 6.07) is 3.88. The Morgan fingerprint density at radius 1 is 1.25 bits per heavy atom. The molecule has 2 fully saturated rings. The number of amidine groups is 1. The number of nitrogens with two attached hydrogens (primary N) is 1. The number of nitrogen functional groups attached to an aromatic ring is 1. The van der Waals surface area contributed by atoms with Crippen LogP contribution in [0.1, 0.15) is 43.4 Å². The lowest BCUT2D eigenvalue weighted by atomic mass is 9.75. The normalized spacial score (nSPS) is 26.1. The molecule has 4 nitrogen and oxygen atoms in total. The minimum absolute atomic E-state index is 0.123. The van der Waals surface area contributed by atoms with E-state index in [1.165, 1.54) is 32.1 Å². The number of anilines is 1. The van der Waals surface area contributed by atoms with Crippen molar-refractivity contribution in [1.29, 1.82) is 5.41 Å². The second kappa shape index (κ2) is 5.43. The fourth-order valence-electron chi connectivity index (χ4n) is 3.79. The molecular formula is C16H24N4. The van der Waals surface area contributed by atoms with Gasteiger partial charge in [0.15, 0.2) is 0 Å². The molecule has 108 valence electrons. The van der Waals surface area contributed by atoms with Gasteiger partial charge in [-0.2, -0.15) is 0 Å². The third kappa shape index (κ3) is 2.51. The van der Waals surface area contributed by atoms with Gasteiger partial charge in [-0.3, -0.25) is 5.41 Å². The summed E-state index contributed by atoms with van der Waals surface area (Å²) in [4.78, 5) is 7.02. The lowest BCUT2D eigenvalue weighted by Crippen LogP contribution is -2.43. The predicted molar refractivity (Wildman–Crippen MR) is 82.3 cm³/mol. The van der Waals surface area contributed by atoms with Crippen molar-refractivity contribution in [3.8, 4) is 0 Å². The van der Waals surface area contributed by atoms with Crippen molar-refractivity contribution in [3.05, 3.63) is 23.4 Å². The number of piperidine rings is 1. The minimum atomic E-state index is 0.123. The molecule has 0 amide bonds. The van der Waals surface area contributed by atoms with Crippen LogP contribution in [0, 0.1) is 24.2 Å². The third-order valence-corrected chi connectivity index (χ3v) is 4.90. The van der Waals surface area contributed by atoms with E-state index < -0.39 is 0 Å². The molecule has 3 rings (SSSR count). The van der Waals surface area contributed by atoms with Gasteiger partial charge in [0.1, 0.15) is 11.7 Å². The van der Waals surface area contributed by atoms with E-state index in [1.807, 2.05) is 19.1 Å². The summed E-state index contributed by atoms with van der Waals surface area (Å²) in [5.74, 6) is 2.75. The van der Waals surface area contributed by atoms with Crippen LogP contribution in [-0.2, 0) is 0 Å². The van der Waals surface area contributed by atoms with Gasteiger partial charge < -0.3 is 10.6 Å². The maximum Gasteiger partial charge on any atom is 0.139 e. The molecule has 4 heteroatoms. The molecule has 2 atom stereocenters. The molecule has 0 bridgehead atoms. The van der Waals surface area contributed by atoms with Crippen molar-refractivity contribution in [2.24, 2.45) is 17.6 Å². The molecule has 0 aromatic carbocycles. The summed E-state index contributed by atoms with van der Waals surface area (Å²) in [5, 5.41) is 7.76. The van der Waals surface area contributed by atoms with Gasteiger partial charge in [-0.15, -0.1) is 0 Å². The van der Waals surface area contributed by atoms with Crippen LogP contribution in [0.4, 0.5) is 5.82 Å². The van der Waals surface area contributed by atoms with Crippen LogP contribution in [0.5, 0.6) is 0 Å². The van der Waals surface area contributed by atoms with E-state index in [9.17, 15) is 0 Å². The number of hydrogen-bond donors (Lipinski definition) is 2. The highest BCUT2D eigenvalue weighted by molar-refractivity contribution is 5.99. The molecule has 1 saturated heterocycles. The Labute approximate surface area is 120 Å². The molecule has 2 aliphatic rings. The molecule has 0 spiro atoms. The van der Waals surface area contributed by atoms with E-state index in [0.29, 0.717) is 0 Å². The van der Waals surface area contributed by atoms with Gasteiger partial charge >= 0.3 is 0 Å². The molecule has 2 unspecified atom stereocenters. The smallest absolute Gasteiger partial charge is 0.139 e. The van der Waals surface area contributed by atoms with Crippen LogP contribution in [0.15, 0.2) is 12.1 Å². The molecule has 1 aromatic rings. The highest BCUT2D eigenvalue weighted by Crippen LogP contribution is 2.37. The molecule has 1 aromatic heterocycles. The Morgan fingerprint density at radius 3 is 2.75 bits per heavy atom. The Kier molecular flexibility index (Phi) is 3.64. The predicted octanol–water partition coefficient (Wildman–Crippen LogP) is 2.69. The van der Waals surface area contributed by atoms with Gasteiger partial charge in [-0.05, 0) is 43.7 Å². The van der Waals surface area contributed by atoms with Crippen LogP contribution in [-0.4, -0.2) is 23.9 Å². The first-order valence-electron chi connectivity index (χ1n) is 7.72. The van der Waals surface area contributed by atoms with Crippen molar-refractivity contribution >= 4 is 11.7 Å². The first-order valence-corrected chi connectivity index (χ1v) is 7.72. The number of aromatic nitrogens is 1. The van der Waals surface area contributed by atoms with E-state index >= 15 is 0 Å². The minimum Gasteiger partial charge on any atom is -0.384 e. The molecule has 0 radical (unpaired) electrons. The summed E-state index contributed by atoms with van der Waals surface area (Å²) in [5.41, 5.74) is 7.50. The van der Waals surface area contributed by atoms with Crippen LogP contribution >= 0.6 is 0 Å². The number of rotatable bonds is 2. The van der Waals surface area contributed by atoms with Crippen LogP contribution < -0.4 is 10.6 Å². The highest BCUT2D eigenvalue weighted by Gasteiger charge is 2.32. The molecule has 20 heavy (non-hydrogen) atoms. The number of nitrogens with one attached hydrogen (secondary N) is 1. The zero-order chi connectivity index (χ0) is 14.1. The van der Waals surface area contributed by atoms with Gasteiger partial charge in [-0.1, -0.05) is 19.3 Å². The molecule has 1 aliphatic heterocycles. The van der Waals surface area contributed by atoms with Crippen LogP contribution in [0.3, 0.4) is 0 Å². The lowest BCUT2D eigenvalue weighted by Gasteiger charge is -2.42. The number of hydrogen-bond acceptors (Lipinski definition) is 3. The van der Waals surface area contributed by atoms with E-state index in [4.69, 9.17) is 11.1 Å². The Bertz CT molecular complexity index is 511. The Balaban J connectivity index is 1.85. The van der Waals surface area contributed by atoms with Crippen LogP contribution in [0.25, 0.3) is 0 Å². The van der Waals surface area contributed by atoms with Crippen molar-refractivity contribution in [3.63, 3.8) is 0 Å². The largest absolute Gasteiger partial charge is 0.384 e. The van der Waals surface area contributed by atoms with E-state index in [2.05, 4.69) is 9.88 Å². The third-order valence-electron chi connectivity index (χ3n) is 4.90. The second-order valence-corrected chi connectivity index (χ2v) is 6.28. The second-order valence-electron chi connectivity index (χ2n) is 6.28. The maximum atomic E-state index is 7.76. The monoisotopic (exact) mass is 272 g/mol. The number of nitrogens with zero attached hydrogens (tertiary/aromatic N) is 2. The average Bonchev–Trinajstić information content (AvgIpc) is 2.46. The van der Waals surface area contributed by atoms with E-state index in [1.54, 1.807) is 0 Å². The summed E-state index contributed by atoms with van der Waals surface area (Å²) in [7, 11) is 0. The van der Waals surface area contributed by atoms with Crippen LogP contribution in [0.2, 0.25) is 0 Å². The highest BCUT2D eigenvalue weighted by atomic mass is 15.2. The topological polar surface area (TPSA) is 66.0 Å². The average molecular weight is 272 g/mol. The number of aryl methyl sites for hydroxylation is 1. The lowest BCUT2D eigenvalue weighted by molar-refractivity contribution is 0.202. The summed E-state index contributed by atoms with van der Waals surface area (Å²) in [6.07, 6.45) is 6.79. The Morgan fingerprint density at radius 2 is 2.00 bits per heavy atom. The van der Waals surface area contributed by atoms with Crippen molar-refractivity contribution < 1.29 is 0 Å². The van der Waals surface area contributed by atoms with Gasteiger partial charge in [0.05, 0.1) is 5.56 Å². The van der Waals surface area contributed by atoms with Gasteiger partial charge in [0.25, 0.3) is 0 Å². The molecule has 3 N–H and O–H groups in total. The fraction of sp³-hybridized carbons (Fsp3) is 0.625. The van der Waals surface area contributed by atoms with E-state index in [0.717, 1.165) is 42.0 Å². The number of fused-ring (bicyclic) bond motifs is 1. The Hall–Kier alpha value is -1.58. The summed E-state index contributed by atoms with van der Waals surface area (Å²) in [6.45, 7) is 4.14. The maximum absolute atomic E-state index is 7.76. The number of pyridine rings is 1. The van der Waals surface area contributed by atoms with Crippen molar-refractivity contribution in [2.75, 3.05) is 18.0 Å². The standard InChI is InChI=1S/C16H24N4/c1-11-6-7-14(15(17)18)16(19-11)20-9-8-12-4-2-3-5-13(12)10-20/h6-7,12-13H,2-5,8-10H2,1H3,(H3,17,18). The fourth-order valence-corrected chi connectivity index (χ4v) is 3.79. The zero-order valence-corrected chi connectivity index (χ0v) is 12.2. The quantitative estimate of drug-likeness (QED) is 0.642. The first-order chi connectivity index (χ1) is 9.65. The van der Waals surface area contributed by atoms with Gasteiger partial charge in [-0.25, -0.2) is 4.98 Å². The first kappa shape index (κ1) is 13.4. The summed E-state index contributed by atoms with van der Waals surface area (Å²) < 4.78 is 0. The molecule has 2 heterocycles. The summed E-state index contributed by atoms with van der Waals surface area (Å²) >= 11 is 0. The molecule has 1 saturated carbocycles. The SMILES string of the molecule is Cc1ccc(C(=N)N)c(N2CCC3CCCCC3C2)n1. The van der Waals surface area contributed by atoms with E-state index in [-0.39, 0.29) is 5.84 Å². The molecule has 1 aliphatic carbocycles. The van der Waals surface area contributed by atoms with Crippen molar-refractivity contribution in [1.82, 2.24) is 4.98 Å². The van der Waals surface area contributed by atoms with Gasteiger partial charge in [0.2, 0.25) is 0 Å². The molecular weight excluding hydrogens is 248 g/mol. The zero-order valence-electron chi connectivity index (χ0n) is 12.2. The van der Waals surface area contributed by atoms with Crippen molar-refractivity contribution in [2.45, 2.75) is 39.0 Å². The van der Waals surface area contributed by atoms with Gasteiger partial charge in [0, 0.05) is 18.8 Å².